The van der Waals surface area contributed by atoms with Crippen molar-refractivity contribution in [2.45, 2.75) is 11.8 Å². The van der Waals surface area contributed by atoms with E-state index in [1.165, 1.54) is 42.7 Å². The Morgan fingerprint density at radius 2 is 1.92 bits per heavy atom. The summed E-state index contributed by atoms with van der Waals surface area (Å²) >= 11 is 0. The topological polar surface area (TPSA) is 104 Å². The van der Waals surface area contributed by atoms with E-state index in [1.807, 2.05) is 0 Å². The summed E-state index contributed by atoms with van der Waals surface area (Å²) in [7, 11) is -3.87. The van der Waals surface area contributed by atoms with E-state index in [1.54, 1.807) is 25.1 Å². The highest BCUT2D eigenvalue weighted by molar-refractivity contribution is 7.90. The van der Waals surface area contributed by atoms with Crippen LogP contribution in [-0.4, -0.2) is 28.9 Å². The molecule has 0 bridgehead atoms. The molecular weight excluding hydrogens is 358 g/mol. The molecule has 0 saturated carbocycles. The summed E-state index contributed by atoms with van der Waals surface area (Å²) in [5.41, 5.74) is 0.0423. The molecule has 0 saturated heterocycles. The quantitative estimate of drug-likeness (QED) is 0.486. The average Bonchev–Trinajstić information content (AvgIpc) is 3.13. The fourth-order valence-corrected chi connectivity index (χ4v) is 3.79. The normalized spacial score (nSPS) is 11.3. The van der Waals surface area contributed by atoms with Gasteiger partial charge in [-0.05, 0) is 31.2 Å². The number of ether oxygens (including phenoxy) is 1. The molecule has 0 fully saturated rings. The van der Waals surface area contributed by atoms with Crippen LogP contribution in [0.15, 0.2) is 65.8 Å². The highest BCUT2D eigenvalue weighted by Gasteiger charge is 2.23. The molecule has 3 aromatic rings. The van der Waals surface area contributed by atoms with Crippen LogP contribution in [0.3, 0.4) is 0 Å². The Labute approximate surface area is 149 Å². The lowest BCUT2D eigenvalue weighted by Crippen LogP contribution is -2.13. The lowest BCUT2D eigenvalue weighted by Gasteiger charge is -2.10. The minimum absolute atomic E-state index is 0.0833. The maximum Gasteiger partial charge on any atom is 0.311 e. The first-order valence-electron chi connectivity index (χ1n) is 7.70. The molecule has 9 heteroatoms. The average molecular weight is 373 g/mol. The van der Waals surface area contributed by atoms with Crippen molar-refractivity contribution in [3.05, 3.63) is 71.0 Å². The smallest absolute Gasteiger partial charge is 0.311 e. The molecule has 0 aliphatic rings. The van der Waals surface area contributed by atoms with Gasteiger partial charge in [0.25, 0.3) is 10.0 Å². The van der Waals surface area contributed by atoms with Crippen molar-refractivity contribution in [1.82, 2.24) is 8.96 Å². The van der Waals surface area contributed by atoms with Gasteiger partial charge in [-0.25, -0.2) is 17.4 Å². The molecule has 1 aromatic heterocycles. The third-order valence-corrected chi connectivity index (χ3v) is 5.30. The molecule has 0 aliphatic carbocycles. The Hall–Kier alpha value is -3.20. The second-order valence-electron chi connectivity index (χ2n) is 5.24. The van der Waals surface area contributed by atoms with E-state index in [0.29, 0.717) is 5.56 Å². The fourth-order valence-electron chi connectivity index (χ4n) is 2.47. The number of hydrogen-bond acceptors (Lipinski definition) is 6. The van der Waals surface area contributed by atoms with Crippen LogP contribution in [0, 0.1) is 10.1 Å². The molecule has 0 N–H and O–H groups in total. The summed E-state index contributed by atoms with van der Waals surface area (Å²) in [6.07, 6.45) is 2.64. The molecule has 26 heavy (non-hydrogen) atoms. The van der Waals surface area contributed by atoms with Crippen molar-refractivity contribution in [1.29, 1.82) is 0 Å². The van der Waals surface area contributed by atoms with Gasteiger partial charge in [0.05, 0.1) is 16.4 Å². The second-order valence-corrected chi connectivity index (χ2v) is 7.05. The molecule has 0 spiro atoms. The summed E-state index contributed by atoms with van der Waals surface area (Å²) in [5, 5.41) is 11.3. The number of rotatable bonds is 6. The van der Waals surface area contributed by atoms with E-state index in [0.717, 1.165) is 3.97 Å². The van der Waals surface area contributed by atoms with E-state index in [4.69, 9.17) is 4.74 Å². The summed E-state index contributed by atoms with van der Waals surface area (Å²) in [6, 6.07) is 12.1. The molecule has 1 heterocycles. The maximum absolute atomic E-state index is 12.8. The highest BCUT2D eigenvalue weighted by Crippen LogP contribution is 2.32. The summed E-state index contributed by atoms with van der Waals surface area (Å²) in [6.45, 7) is 1.99. The third-order valence-electron chi connectivity index (χ3n) is 3.62. The second kappa shape index (κ2) is 6.96. The van der Waals surface area contributed by atoms with Crippen molar-refractivity contribution in [2.24, 2.45) is 0 Å². The zero-order valence-corrected chi connectivity index (χ0v) is 14.6. The number of nitro benzene ring substituents is 1. The third kappa shape index (κ3) is 3.16. The van der Waals surface area contributed by atoms with Gasteiger partial charge in [0.15, 0.2) is 11.6 Å². The van der Waals surface area contributed by atoms with E-state index in [2.05, 4.69) is 4.98 Å². The molecular formula is C17H15N3O5S. The predicted octanol–water partition coefficient (Wildman–Crippen LogP) is 3.09. The Balaban J connectivity index is 2.12. The minimum atomic E-state index is -3.87. The lowest BCUT2D eigenvalue weighted by atomic mass is 10.2. The van der Waals surface area contributed by atoms with Crippen LogP contribution in [0.2, 0.25) is 0 Å². The van der Waals surface area contributed by atoms with Gasteiger partial charge in [-0.15, -0.1) is 0 Å². The van der Waals surface area contributed by atoms with Crippen molar-refractivity contribution >= 4 is 15.7 Å². The van der Waals surface area contributed by atoms with Gasteiger partial charge in [-0.2, -0.15) is 0 Å². The molecule has 3 rings (SSSR count). The summed E-state index contributed by atoms with van der Waals surface area (Å²) < 4.78 is 31.9. The molecule has 0 amide bonds. The molecule has 0 radical (unpaired) electrons. The number of nitrogens with zero attached hydrogens (tertiary/aromatic N) is 3. The zero-order valence-electron chi connectivity index (χ0n) is 13.8. The van der Waals surface area contributed by atoms with Gasteiger partial charge in [0.1, 0.15) is 0 Å². The van der Waals surface area contributed by atoms with E-state index < -0.39 is 14.9 Å². The Kier molecular flexibility index (Phi) is 4.72. The number of aromatic nitrogens is 2. The minimum Gasteiger partial charge on any atom is -0.487 e. The van der Waals surface area contributed by atoms with Crippen molar-refractivity contribution in [2.75, 3.05) is 6.61 Å². The maximum atomic E-state index is 12.8. The Morgan fingerprint density at radius 1 is 1.19 bits per heavy atom. The van der Waals surface area contributed by atoms with Crippen LogP contribution in [0.5, 0.6) is 5.75 Å². The van der Waals surface area contributed by atoms with Gasteiger partial charge < -0.3 is 4.74 Å². The molecule has 0 unspecified atom stereocenters. The summed E-state index contributed by atoms with van der Waals surface area (Å²) in [4.78, 5) is 14.9. The van der Waals surface area contributed by atoms with Crippen LogP contribution in [0.25, 0.3) is 11.4 Å². The van der Waals surface area contributed by atoms with Gasteiger partial charge in [0, 0.05) is 24.0 Å². The summed E-state index contributed by atoms with van der Waals surface area (Å²) in [5.74, 6) is 0.199. The Bertz CT molecular complexity index is 1050. The van der Waals surface area contributed by atoms with Gasteiger partial charge >= 0.3 is 5.69 Å². The first-order chi connectivity index (χ1) is 12.4. The largest absolute Gasteiger partial charge is 0.487 e. The SMILES string of the molecule is CCOc1ccc(-c2nccn2S(=O)(=O)c2ccccc2)cc1[N+](=O)[O-]. The standard InChI is InChI=1S/C17H15N3O5S/c1-2-25-16-9-8-13(12-15(16)20(21)22)17-18-10-11-19(17)26(23,24)14-6-4-3-5-7-14/h3-12H,2H2,1H3. The molecule has 8 nitrogen and oxygen atoms in total. The fraction of sp³-hybridized carbons (Fsp3) is 0.118. The van der Waals surface area contributed by atoms with Gasteiger partial charge in [-0.1, -0.05) is 18.2 Å². The Morgan fingerprint density at radius 3 is 2.58 bits per heavy atom. The number of nitro groups is 1. The van der Waals surface area contributed by atoms with E-state index in [9.17, 15) is 18.5 Å². The van der Waals surface area contributed by atoms with Crippen LogP contribution in [0.1, 0.15) is 6.92 Å². The number of benzene rings is 2. The van der Waals surface area contributed by atoms with Gasteiger partial charge in [0.2, 0.25) is 0 Å². The van der Waals surface area contributed by atoms with Crippen molar-refractivity contribution in [3.8, 4) is 17.1 Å². The zero-order chi connectivity index (χ0) is 18.7. The molecule has 2 aromatic carbocycles. The van der Waals surface area contributed by atoms with E-state index in [-0.39, 0.29) is 28.8 Å². The lowest BCUT2D eigenvalue weighted by molar-refractivity contribution is -0.385. The first-order valence-corrected chi connectivity index (χ1v) is 9.14. The highest BCUT2D eigenvalue weighted by atomic mass is 32.2. The van der Waals surface area contributed by atoms with Crippen molar-refractivity contribution in [3.63, 3.8) is 0 Å². The first kappa shape index (κ1) is 17.6. The molecule has 0 atom stereocenters. The number of imidazole rings is 1. The van der Waals surface area contributed by atoms with Crippen LogP contribution >= 0.6 is 0 Å². The number of hydrogen-bond donors (Lipinski definition) is 0. The monoisotopic (exact) mass is 373 g/mol. The predicted molar refractivity (Wildman–Crippen MR) is 94.5 cm³/mol. The van der Waals surface area contributed by atoms with Crippen LogP contribution in [0.4, 0.5) is 5.69 Å². The van der Waals surface area contributed by atoms with Crippen LogP contribution in [-0.2, 0) is 10.0 Å². The van der Waals surface area contributed by atoms with Gasteiger partial charge in [-0.3, -0.25) is 10.1 Å². The van der Waals surface area contributed by atoms with Crippen molar-refractivity contribution < 1.29 is 18.1 Å². The molecule has 0 aliphatic heterocycles. The van der Waals surface area contributed by atoms with Crippen LogP contribution < -0.4 is 4.74 Å². The van der Waals surface area contributed by atoms with E-state index >= 15 is 0 Å². The molecule has 134 valence electrons.